The molecule has 1 unspecified atom stereocenters. The Kier molecular flexibility index (Phi) is 7.41. The zero-order chi connectivity index (χ0) is 24.1. The second-order valence-corrected chi connectivity index (χ2v) is 13.7. The minimum Gasteiger partial charge on any atom is -0.390 e. The quantitative estimate of drug-likeness (QED) is 0.392. The molecule has 2 heteroatoms. The molecule has 0 aromatic rings. The minimum absolute atomic E-state index is 0.296. The predicted octanol–water partition coefficient (Wildman–Crippen LogP) is 7.78. The van der Waals surface area contributed by atoms with Crippen LogP contribution in [0.3, 0.4) is 0 Å². The van der Waals surface area contributed by atoms with Gasteiger partial charge in [0.05, 0.1) is 11.2 Å². The molecule has 0 radical (unpaired) electrons. The largest absolute Gasteiger partial charge is 0.390 e. The normalized spacial score (nSPS) is 43.6. The summed E-state index contributed by atoms with van der Waals surface area (Å²) >= 11 is 0. The maximum atomic E-state index is 10.8. The zero-order valence-corrected chi connectivity index (χ0v) is 22.8. The van der Waals surface area contributed by atoms with Gasteiger partial charge >= 0.3 is 0 Å². The van der Waals surface area contributed by atoms with Crippen LogP contribution >= 0.6 is 0 Å². The fourth-order valence-electron chi connectivity index (χ4n) is 8.20. The van der Waals surface area contributed by atoms with Gasteiger partial charge in [0.2, 0.25) is 0 Å². The first-order valence-corrected chi connectivity index (χ1v) is 13.8. The lowest BCUT2D eigenvalue weighted by Crippen LogP contribution is -2.53. The van der Waals surface area contributed by atoms with Crippen molar-refractivity contribution in [3.8, 4) is 0 Å². The fourth-order valence-corrected chi connectivity index (χ4v) is 8.20. The van der Waals surface area contributed by atoms with E-state index in [1.807, 2.05) is 13.8 Å². The minimum atomic E-state index is -0.557. The standard InChI is InChI=1S/C30H54O2/c1-10-25-24-12-11-23-19-27(6,31)17-18-29(23,8)26(24)14-15-28(25,7)22(5)21(4)13-16-30(9,32)20(2)3/h11,20-22,24-26,31-32H,10,12-19H2,1-9H3/t21-,22-,24+,25+,26+,27+,28-,29+,30?/m1/s1. The van der Waals surface area contributed by atoms with Crippen LogP contribution in [0.4, 0.5) is 0 Å². The van der Waals surface area contributed by atoms with E-state index in [0.29, 0.717) is 28.6 Å². The van der Waals surface area contributed by atoms with E-state index in [-0.39, 0.29) is 0 Å². The van der Waals surface area contributed by atoms with Crippen LogP contribution in [0.5, 0.6) is 0 Å². The number of rotatable bonds is 7. The molecule has 2 nitrogen and oxygen atoms in total. The number of fused-ring (bicyclic) bond motifs is 3. The van der Waals surface area contributed by atoms with Crippen LogP contribution in [-0.2, 0) is 0 Å². The van der Waals surface area contributed by atoms with Gasteiger partial charge in [-0.2, -0.15) is 0 Å². The van der Waals surface area contributed by atoms with Gasteiger partial charge in [-0.05, 0) is 112 Å². The molecule has 186 valence electrons. The molecule has 3 rings (SSSR count). The second kappa shape index (κ2) is 9.03. The van der Waals surface area contributed by atoms with Crippen molar-refractivity contribution in [1.29, 1.82) is 0 Å². The number of hydrogen-bond donors (Lipinski definition) is 2. The molecule has 0 bridgehead atoms. The van der Waals surface area contributed by atoms with Crippen molar-refractivity contribution in [1.82, 2.24) is 0 Å². The Bertz CT molecular complexity index is 689. The van der Waals surface area contributed by atoms with Gasteiger partial charge in [-0.15, -0.1) is 0 Å². The van der Waals surface area contributed by atoms with Crippen molar-refractivity contribution in [2.24, 2.45) is 46.3 Å². The third-order valence-electron chi connectivity index (χ3n) is 11.5. The second-order valence-electron chi connectivity index (χ2n) is 13.7. The van der Waals surface area contributed by atoms with Crippen LogP contribution in [0.2, 0.25) is 0 Å². The van der Waals surface area contributed by atoms with Gasteiger partial charge in [-0.3, -0.25) is 0 Å². The Morgan fingerprint density at radius 1 is 1.09 bits per heavy atom. The molecule has 0 heterocycles. The Hall–Kier alpha value is -0.340. The van der Waals surface area contributed by atoms with E-state index in [1.165, 1.54) is 25.7 Å². The number of allylic oxidation sites excluding steroid dienone is 1. The van der Waals surface area contributed by atoms with Gasteiger partial charge in [0, 0.05) is 0 Å². The number of hydrogen-bond acceptors (Lipinski definition) is 2. The maximum Gasteiger partial charge on any atom is 0.0657 e. The van der Waals surface area contributed by atoms with Gasteiger partial charge in [-0.1, -0.05) is 66.5 Å². The molecule has 2 fully saturated rings. The summed E-state index contributed by atoms with van der Waals surface area (Å²) in [5.74, 6) is 3.93. The van der Waals surface area contributed by atoms with E-state index >= 15 is 0 Å². The smallest absolute Gasteiger partial charge is 0.0657 e. The van der Waals surface area contributed by atoms with Crippen LogP contribution < -0.4 is 0 Å². The van der Waals surface area contributed by atoms with Crippen molar-refractivity contribution in [3.63, 3.8) is 0 Å². The summed E-state index contributed by atoms with van der Waals surface area (Å²) in [5.41, 5.74) is 1.17. The van der Waals surface area contributed by atoms with E-state index < -0.39 is 11.2 Å². The summed E-state index contributed by atoms with van der Waals surface area (Å²) in [6.07, 6.45) is 12.7. The number of aliphatic hydroxyl groups is 2. The molecule has 2 saturated carbocycles. The Balaban J connectivity index is 1.79. The third-order valence-corrected chi connectivity index (χ3v) is 11.5. The van der Waals surface area contributed by atoms with Crippen molar-refractivity contribution >= 4 is 0 Å². The van der Waals surface area contributed by atoms with Gasteiger partial charge < -0.3 is 10.2 Å². The van der Waals surface area contributed by atoms with Gasteiger partial charge in [0.1, 0.15) is 0 Å². The molecule has 0 aromatic heterocycles. The van der Waals surface area contributed by atoms with E-state index in [4.69, 9.17) is 0 Å². The van der Waals surface area contributed by atoms with Crippen molar-refractivity contribution < 1.29 is 10.2 Å². The molecule has 2 N–H and O–H groups in total. The summed E-state index contributed by atoms with van der Waals surface area (Å²) in [5, 5.41) is 21.5. The van der Waals surface area contributed by atoms with E-state index in [0.717, 1.165) is 49.9 Å². The molecule has 0 aromatic carbocycles. The van der Waals surface area contributed by atoms with Crippen LogP contribution in [0.1, 0.15) is 120 Å². The van der Waals surface area contributed by atoms with Gasteiger partial charge in [-0.25, -0.2) is 0 Å². The Morgan fingerprint density at radius 2 is 1.75 bits per heavy atom. The molecule has 0 aliphatic heterocycles. The Labute approximate surface area is 199 Å². The van der Waals surface area contributed by atoms with Crippen LogP contribution in [0.25, 0.3) is 0 Å². The molecule has 9 atom stereocenters. The predicted molar refractivity (Wildman–Crippen MR) is 136 cm³/mol. The third kappa shape index (κ3) is 4.61. The average Bonchev–Trinajstić information content (AvgIpc) is 2.71. The van der Waals surface area contributed by atoms with Crippen molar-refractivity contribution in [2.45, 2.75) is 131 Å². The van der Waals surface area contributed by atoms with Crippen LogP contribution in [0.15, 0.2) is 11.6 Å². The lowest BCUT2D eigenvalue weighted by molar-refractivity contribution is -0.0938. The lowest BCUT2D eigenvalue weighted by atomic mass is 9.44. The fraction of sp³-hybridized carbons (Fsp3) is 0.933. The molecule has 3 aliphatic carbocycles. The summed E-state index contributed by atoms with van der Waals surface area (Å²) < 4.78 is 0. The van der Waals surface area contributed by atoms with Gasteiger partial charge in [0.15, 0.2) is 0 Å². The van der Waals surface area contributed by atoms with E-state index in [2.05, 4.69) is 54.5 Å². The Morgan fingerprint density at radius 3 is 2.34 bits per heavy atom. The zero-order valence-electron chi connectivity index (χ0n) is 22.8. The first kappa shape index (κ1) is 26.3. The molecule has 0 spiro atoms. The van der Waals surface area contributed by atoms with Crippen LogP contribution in [0, 0.1) is 46.3 Å². The van der Waals surface area contributed by atoms with E-state index in [1.54, 1.807) is 5.57 Å². The maximum absolute atomic E-state index is 10.8. The summed E-state index contributed by atoms with van der Waals surface area (Å²) in [6, 6.07) is 0. The summed E-state index contributed by atoms with van der Waals surface area (Å²) in [7, 11) is 0. The lowest BCUT2D eigenvalue weighted by Gasteiger charge is -2.61. The highest BCUT2D eigenvalue weighted by Gasteiger charge is 2.56. The van der Waals surface area contributed by atoms with Gasteiger partial charge in [0.25, 0.3) is 0 Å². The van der Waals surface area contributed by atoms with E-state index in [9.17, 15) is 10.2 Å². The molecule has 0 amide bonds. The molecule has 0 saturated heterocycles. The highest BCUT2D eigenvalue weighted by molar-refractivity contribution is 5.26. The molecular formula is C30H54O2. The molecular weight excluding hydrogens is 392 g/mol. The van der Waals surface area contributed by atoms with Crippen LogP contribution in [-0.4, -0.2) is 21.4 Å². The van der Waals surface area contributed by atoms with Crippen molar-refractivity contribution in [2.75, 3.05) is 0 Å². The summed E-state index contributed by atoms with van der Waals surface area (Å²) in [6.45, 7) is 20.8. The van der Waals surface area contributed by atoms with Crippen molar-refractivity contribution in [3.05, 3.63) is 11.6 Å². The topological polar surface area (TPSA) is 40.5 Å². The highest BCUT2D eigenvalue weighted by Crippen LogP contribution is 2.64. The molecule has 32 heavy (non-hydrogen) atoms. The SMILES string of the molecule is CC[C@H]1[C@@H]2CC=C3C[C@@](C)(O)CC[C@]3(C)[C@H]2CC[C@]1(C)[C@H](C)[C@H](C)CCC(C)(O)C(C)C. The summed E-state index contributed by atoms with van der Waals surface area (Å²) in [4.78, 5) is 0. The first-order chi connectivity index (χ1) is 14.7. The monoisotopic (exact) mass is 446 g/mol. The molecule has 3 aliphatic rings. The first-order valence-electron chi connectivity index (χ1n) is 13.8. The highest BCUT2D eigenvalue weighted by atomic mass is 16.3. The average molecular weight is 447 g/mol.